The molecule has 2 atom stereocenters. The third-order valence-corrected chi connectivity index (χ3v) is 4.46. The molecule has 2 aromatic carbocycles. The highest BCUT2D eigenvalue weighted by Crippen LogP contribution is 2.11. The van der Waals surface area contributed by atoms with Crippen molar-refractivity contribution in [2.75, 3.05) is 0 Å². The monoisotopic (exact) mass is 443 g/mol. The Labute approximate surface area is 173 Å². The van der Waals surface area contributed by atoms with Crippen molar-refractivity contribution in [1.82, 2.24) is 14.8 Å². The molecule has 1 unspecified atom stereocenters. The zero-order valence-electron chi connectivity index (χ0n) is 15.3. The number of rotatable bonds is 10. The fourth-order valence-electron chi connectivity index (χ4n) is 2.57. The van der Waals surface area contributed by atoms with E-state index in [9.17, 15) is 31.9 Å². The number of carbonyl (C=O) groups is 3. The fourth-order valence-corrected chi connectivity index (χ4v) is 3.07. The molecule has 0 bridgehead atoms. The fraction of sp³-hybridized carbons (Fsp3) is 0.211. The van der Waals surface area contributed by atoms with Crippen LogP contribution in [0.1, 0.15) is 11.1 Å². The van der Waals surface area contributed by atoms with E-state index in [-0.39, 0.29) is 24.0 Å². The molecular weight excluding hydrogens is 426 g/mol. The van der Waals surface area contributed by atoms with E-state index in [1.54, 1.807) is 0 Å². The number of urea groups is 1. The Kier molecular flexibility index (Phi) is 8.81. The van der Waals surface area contributed by atoms with Crippen LogP contribution in [-0.2, 0) is 22.4 Å². The lowest BCUT2D eigenvalue weighted by Crippen LogP contribution is -2.43. The Bertz CT molecular complexity index is 876. The van der Waals surface area contributed by atoms with Gasteiger partial charge in [0, 0.05) is 24.3 Å². The van der Waals surface area contributed by atoms with E-state index in [1.165, 1.54) is 0 Å². The summed E-state index contributed by atoms with van der Waals surface area (Å²) in [5.74, 6) is -3.18. The maximum atomic E-state index is 13.2. The third-order valence-electron chi connectivity index (χ3n) is 3.75. The average Bonchev–Trinajstić information content (AvgIpc) is 2.65. The van der Waals surface area contributed by atoms with Gasteiger partial charge in [0.15, 0.2) is 0 Å². The summed E-state index contributed by atoms with van der Waals surface area (Å²) in [5.41, 5.74) is 0.421. The Balaban J connectivity index is 1.81. The minimum absolute atomic E-state index is 0.0312. The number of aldehydes is 2. The second-order valence-corrected chi connectivity index (χ2v) is 6.89. The van der Waals surface area contributed by atoms with Gasteiger partial charge in [0.2, 0.25) is 0 Å². The van der Waals surface area contributed by atoms with Gasteiger partial charge in [-0.2, -0.15) is 0 Å². The van der Waals surface area contributed by atoms with Crippen molar-refractivity contribution in [2.45, 2.75) is 24.9 Å². The van der Waals surface area contributed by atoms with E-state index < -0.39 is 41.4 Å². The van der Waals surface area contributed by atoms with Crippen LogP contribution in [-0.4, -0.2) is 30.7 Å². The standard InChI is InChI=1S/C19H17F4N3O3S/c20-13-1-11(2-14(21)7-13)5-17(9-27)24-19(29)26-30-25-18(10-28)6-12-3-15(22)8-16(23)4-12/h1-4,7-10,17-18,25H,5-6H2,(H2,24,26,29)/t17?,18-/m0/s1. The van der Waals surface area contributed by atoms with Crippen LogP contribution in [0.25, 0.3) is 0 Å². The highest BCUT2D eigenvalue weighted by Gasteiger charge is 2.15. The Morgan fingerprint density at radius 3 is 1.67 bits per heavy atom. The van der Waals surface area contributed by atoms with Crippen molar-refractivity contribution >= 4 is 30.7 Å². The summed E-state index contributed by atoms with van der Waals surface area (Å²) in [7, 11) is 0. The lowest BCUT2D eigenvalue weighted by Gasteiger charge is -2.15. The Morgan fingerprint density at radius 2 is 1.23 bits per heavy atom. The predicted molar refractivity (Wildman–Crippen MR) is 102 cm³/mol. The van der Waals surface area contributed by atoms with Crippen LogP contribution in [0, 0.1) is 23.3 Å². The topological polar surface area (TPSA) is 87.3 Å². The molecule has 6 nitrogen and oxygen atoms in total. The van der Waals surface area contributed by atoms with E-state index in [2.05, 4.69) is 14.8 Å². The van der Waals surface area contributed by atoms with Crippen LogP contribution in [0.3, 0.4) is 0 Å². The van der Waals surface area contributed by atoms with Gasteiger partial charge in [-0.1, -0.05) is 0 Å². The Morgan fingerprint density at radius 1 is 0.800 bits per heavy atom. The van der Waals surface area contributed by atoms with Gasteiger partial charge >= 0.3 is 6.03 Å². The number of hydrogen-bond acceptors (Lipinski definition) is 5. The molecule has 0 saturated carbocycles. The number of benzene rings is 2. The maximum absolute atomic E-state index is 13.2. The number of carbonyl (C=O) groups excluding carboxylic acids is 3. The second kappa shape index (κ2) is 11.3. The average molecular weight is 443 g/mol. The van der Waals surface area contributed by atoms with Gasteiger partial charge in [-0.25, -0.2) is 27.1 Å². The summed E-state index contributed by atoms with van der Waals surface area (Å²) in [5, 5.41) is 2.30. The SMILES string of the molecule is O=CC(Cc1cc(F)cc(F)c1)NC(=O)NSN[C@H](C=O)Cc1cc(F)cc(F)c1. The molecule has 0 heterocycles. The molecule has 2 rings (SSSR count). The van der Waals surface area contributed by atoms with Crippen molar-refractivity contribution in [3.63, 3.8) is 0 Å². The van der Waals surface area contributed by atoms with Crippen LogP contribution >= 0.6 is 12.1 Å². The molecule has 0 spiro atoms. The molecule has 0 aromatic heterocycles. The summed E-state index contributed by atoms with van der Waals surface area (Å²) in [6.45, 7) is 0. The number of nitrogens with one attached hydrogen (secondary N) is 3. The lowest BCUT2D eigenvalue weighted by molar-refractivity contribution is -0.109. The van der Waals surface area contributed by atoms with Crippen LogP contribution in [0.2, 0.25) is 0 Å². The molecule has 0 aliphatic carbocycles. The zero-order valence-corrected chi connectivity index (χ0v) is 16.1. The maximum Gasteiger partial charge on any atom is 0.326 e. The molecule has 3 N–H and O–H groups in total. The number of halogens is 4. The van der Waals surface area contributed by atoms with Crippen LogP contribution in [0.15, 0.2) is 36.4 Å². The van der Waals surface area contributed by atoms with E-state index in [0.29, 0.717) is 36.8 Å². The first-order chi connectivity index (χ1) is 14.3. The minimum Gasteiger partial charge on any atom is -0.328 e. The van der Waals surface area contributed by atoms with Gasteiger partial charge in [-0.3, -0.25) is 4.72 Å². The van der Waals surface area contributed by atoms with Crippen LogP contribution in [0.4, 0.5) is 22.4 Å². The van der Waals surface area contributed by atoms with Crippen molar-refractivity contribution in [3.05, 3.63) is 70.8 Å². The van der Waals surface area contributed by atoms with Crippen LogP contribution < -0.4 is 14.8 Å². The minimum atomic E-state index is -1.05. The molecule has 30 heavy (non-hydrogen) atoms. The summed E-state index contributed by atoms with van der Waals surface area (Å²) >= 11 is 0.619. The summed E-state index contributed by atoms with van der Waals surface area (Å²) in [6, 6.07) is 2.91. The molecule has 2 amide bonds. The largest absolute Gasteiger partial charge is 0.328 e. The molecule has 2 aromatic rings. The van der Waals surface area contributed by atoms with Gasteiger partial charge in [0.05, 0.1) is 12.1 Å². The van der Waals surface area contributed by atoms with Crippen molar-refractivity contribution < 1.29 is 31.9 Å². The zero-order chi connectivity index (χ0) is 22.1. The van der Waals surface area contributed by atoms with Gasteiger partial charge in [-0.15, -0.1) is 0 Å². The predicted octanol–water partition coefficient (Wildman–Crippen LogP) is 2.62. The van der Waals surface area contributed by atoms with Crippen molar-refractivity contribution in [3.8, 4) is 0 Å². The summed E-state index contributed by atoms with van der Waals surface area (Å²) < 4.78 is 57.7. The van der Waals surface area contributed by atoms with Gasteiger partial charge in [0.1, 0.15) is 35.8 Å². The van der Waals surface area contributed by atoms with E-state index in [0.717, 1.165) is 24.3 Å². The number of amides is 2. The molecule has 0 radical (unpaired) electrons. The normalized spacial score (nSPS) is 12.7. The first-order valence-electron chi connectivity index (χ1n) is 8.57. The van der Waals surface area contributed by atoms with E-state index in [4.69, 9.17) is 0 Å². The van der Waals surface area contributed by atoms with Gasteiger partial charge in [-0.05, 0) is 48.2 Å². The number of hydrogen-bond donors (Lipinski definition) is 3. The quantitative estimate of drug-likeness (QED) is 0.299. The van der Waals surface area contributed by atoms with Crippen molar-refractivity contribution in [1.29, 1.82) is 0 Å². The van der Waals surface area contributed by atoms with Crippen LogP contribution in [0.5, 0.6) is 0 Å². The second-order valence-electron chi connectivity index (χ2n) is 6.24. The molecular formula is C19H17F4N3O3S. The highest BCUT2D eigenvalue weighted by atomic mass is 32.2. The van der Waals surface area contributed by atoms with Gasteiger partial charge < -0.3 is 14.9 Å². The molecule has 11 heteroatoms. The first-order valence-corrected chi connectivity index (χ1v) is 9.39. The highest BCUT2D eigenvalue weighted by molar-refractivity contribution is 7.96. The Hall–Kier alpha value is -2.92. The third kappa shape index (κ3) is 7.84. The van der Waals surface area contributed by atoms with E-state index >= 15 is 0 Å². The first kappa shape index (κ1) is 23.4. The summed E-state index contributed by atoms with van der Waals surface area (Å²) in [4.78, 5) is 34.2. The smallest absolute Gasteiger partial charge is 0.326 e. The van der Waals surface area contributed by atoms with Gasteiger partial charge in [0.25, 0.3) is 0 Å². The molecule has 160 valence electrons. The molecule has 0 aliphatic heterocycles. The molecule has 0 aliphatic rings. The van der Waals surface area contributed by atoms with E-state index in [1.807, 2.05) is 0 Å². The lowest BCUT2D eigenvalue weighted by atomic mass is 10.1. The molecule has 0 fully saturated rings. The summed E-state index contributed by atoms with van der Waals surface area (Å²) in [6.07, 6.45) is 0.748. The molecule has 0 saturated heterocycles. The van der Waals surface area contributed by atoms with Crippen molar-refractivity contribution in [2.24, 2.45) is 0 Å².